The summed E-state index contributed by atoms with van der Waals surface area (Å²) < 4.78 is 1.30. The number of pyridine rings is 1. The predicted octanol–water partition coefficient (Wildman–Crippen LogP) is 4.99. The molecule has 0 unspecified atom stereocenters. The van der Waals surface area contributed by atoms with E-state index in [-0.39, 0.29) is 0 Å². The fourth-order valence-electron chi connectivity index (χ4n) is 3.40. The Kier molecular flexibility index (Phi) is 5.56. The first-order valence-corrected chi connectivity index (χ1v) is 11.7. The summed E-state index contributed by atoms with van der Waals surface area (Å²) in [5.41, 5.74) is 1.04. The van der Waals surface area contributed by atoms with Gasteiger partial charge in [0.05, 0.1) is 5.69 Å². The summed E-state index contributed by atoms with van der Waals surface area (Å²) in [5.74, 6) is 0. The topological polar surface area (TPSA) is 12.9 Å². The largest absolute Gasteiger partial charge is 0.256 e. The number of halogens is 1. The van der Waals surface area contributed by atoms with Crippen molar-refractivity contribution in [1.82, 2.24) is 4.98 Å². The molecule has 0 saturated carbocycles. The van der Waals surface area contributed by atoms with Gasteiger partial charge in [-0.25, -0.2) is 0 Å². The van der Waals surface area contributed by atoms with Crippen LogP contribution in [0.5, 0.6) is 0 Å². The van der Waals surface area contributed by atoms with Crippen LogP contribution in [0.3, 0.4) is 0 Å². The highest BCUT2D eigenvalue weighted by Crippen LogP contribution is 2.48. The lowest BCUT2D eigenvalue weighted by Crippen LogP contribution is -2.29. The van der Waals surface area contributed by atoms with Crippen LogP contribution in [0.2, 0.25) is 0 Å². The molecule has 0 saturated heterocycles. The van der Waals surface area contributed by atoms with Crippen molar-refractivity contribution in [3.63, 3.8) is 0 Å². The first-order chi connectivity index (χ1) is 13.3. The fraction of sp³-hybridized carbons (Fsp3) is 0. The average molecular weight is 479 g/mol. The van der Waals surface area contributed by atoms with E-state index in [4.69, 9.17) is 4.98 Å². The second-order valence-corrected chi connectivity index (χ2v) is 11.5. The molecule has 1 nitrogen and oxygen atoms in total. The highest BCUT2D eigenvalue weighted by molar-refractivity contribution is 14.1. The van der Waals surface area contributed by atoms with E-state index in [0.29, 0.717) is 0 Å². The first kappa shape index (κ1) is 18.2. The van der Waals surface area contributed by atoms with Crippen LogP contribution in [0.15, 0.2) is 115 Å². The van der Waals surface area contributed by atoms with Crippen molar-refractivity contribution in [3.05, 3.63) is 121 Å². The van der Waals surface area contributed by atoms with E-state index in [2.05, 4.69) is 126 Å². The van der Waals surface area contributed by atoms with Crippen LogP contribution in [0.1, 0.15) is 5.69 Å². The Hall–Kier alpha value is -2.16. The second kappa shape index (κ2) is 8.24. The Balaban J connectivity index is 2.21. The number of hydrogen-bond donors (Lipinski definition) is 0. The molecule has 0 aliphatic rings. The van der Waals surface area contributed by atoms with E-state index in [0.717, 1.165) is 5.69 Å². The van der Waals surface area contributed by atoms with Crippen LogP contribution >= 0.6 is 29.5 Å². The molecule has 0 radical (unpaired) electrons. The third-order valence-corrected chi connectivity index (χ3v) is 11.4. The number of rotatable bonds is 4. The Morgan fingerprint density at radius 2 is 0.963 bits per heavy atom. The summed E-state index contributed by atoms with van der Waals surface area (Å²) >= 11 is 2.54. The van der Waals surface area contributed by atoms with Crippen molar-refractivity contribution < 1.29 is 0 Å². The summed E-state index contributed by atoms with van der Waals surface area (Å²) in [6.07, 6.45) is 1.88. The number of aromatic nitrogens is 1. The van der Waals surface area contributed by atoms with Gasteiger partial charge in [-0.3, -0.25) is 4.98 Å². The molecule has 0 aliphatic heterocycles. The molecule has 1 heterocycles. The quantitative estimate of drug-likeness (QED) is 0.297. The van der Waals surface area contributed by atoms with E-state index in [1.807, 2.05) is 12.3 Å². The summed E-state index contributed by atoms with van der Waals surface area (Å²) in [4.78, 5) is 4.70. The minimum Gasteiger partial charge on any atom is -0.256 e. The van der Waals surface area contributed by atoms with Gasteiger partial charge in [0, 0.05) is 9.50 Å². The normalized spacial score (nSPS) is 11.1. The van der Waals surface area contributed by atoms with Gasteiger partial charge in [0.1, 0.15) is 0 Å². The molecule has 132 valence electrons. The van der Waals surface area contributed by atoms with Gasteiger partial charge in [0.15, 0.2) is 0 Å². The smallest absolute Gasteiger partial charge is 0.0773 e. The van der Waals surface area contributed by atoms with E-state index in [1.165, 1.54) is 19.2 Å². The average Bonchev–Trinajstić information content (AvgIpc) is 2.77. The highest BCUT2D eigenvalue weighted by atomic mass is 127. The third kappa shape index (κ3) is 3.40. The minimum absolute atomic E-state index is 1.04. The van der Waals surface area contributed by atoms with Crippen LogP contribution in [0.25, 0.3) is 0 Å². The standard InChI is InChI=1S/C24H19INP/c25-24(23-18-10-11-19-26-23)27(20-12-4-1-5-13-20,21-14-6-2-7-15-21)22-16-8-3-9-17-22/h1-19H. The molecule has 4 rings (SSSR count). The Bertz CT molecular complexity index is 959. The zero-order valence-electron chi connectivity index (χ0n) is 14.7. The fourth-order valence-corrected chi connectivity index (χ4v) is 10.1. The zero-order chi connectivity index (χ0) is 18.5. The van der Waals surface area contributed by atoms with Crippen molar-refractivity contribution in [3.8, 4) is 0 Å². The van der Waals surface area contributed by atoms with Crippen molar-refractivity contribution in [2.75, 3.05) is 0 Å². The lowest BCUT2D eigenvalue weighted by Gasteiger charge is -2.30. The van der Waals surface area contributed by atoms with Crippen molar-refractivity contribution >= 4 is 48.7 Å². The van der Waals surface area contributed by atoms with Crippen LogP contribution < -0.4 is 15.9 Å². The number of nitrogens with zero attached hydrogens (tertiary/aromatic N) is 1. The SMILES string of the molecule is IC(c1ccccn1)=P(c1ccccc1)(c1ccccc1)c1ccccc1. The molecule has 3 aromatic carbocycles. The molecule has 0 bridgehead atoms. The molecule has 0 amide bonds. The highest BCUT2D eigenvalue weighted by Gasteiger charge is 2.29. The molecular formula is C24H19INP. The Morgan fingerprint density at radius 3 is 1.33 bits per heavy atom. The summed E-state index contributed by atoms with van der Waals surface area (Å²) in [7, 11) is 0. The molecular weight excluding hydrogens is 460 g/mol. The van der Waals surface area contributed by atoms with Crippen LogP contribution in [-0.2, 0) is 0 Å². The number of benzene rings is 3. The van der Waals surface area contributed by atoms with E-state index >= 15 is 0 Å². The first-order valence-electron chi connectivity index (χ1n) is 8.84. The monoisotopic (exact) mass is 479 g/mol. The molecule has 0 aliphatic carbocycles. The summed E-state index contributed by atoms with van der Waals surface area (Å²) in [6, 6.07) is 38.8. The van der Waals surface area contributed by atoms with Gasteiger partial charge in [0.25, 0.3) is 0 Å². The molecule has 0 N–H and O–H groups in total. The van der Waals surface area contributed by atoms with Gasteiger partial charge in [-0.15, -0.1) is 0 Å². The lowest BCUT2D eigenvalue weighted by molar-refractivity contribution is 1.31. The molecule has 27 heavy (non-hydrogen) atoms. The Morgan fingerprint density at radius 1 is 0.556 bits per heavy atom. The van der Waals surface area contributed by atoms with Crippen molar-refractivity contribution in [1.29, 1.82) is 0 Å². The van der Waals surface area contributed by atoms with Crippen LogP contribution in [0.4, 0.5) is 0 Å². The van der Waals surface area contributed by atoms with Gasteiger partial charge in [-0.1, -0.05) is 97.1 Å². The maximum absolute atomic E-state index is 4.70. The molecule has 0 fully saturated rings. The van der Waals surface area contributed by atoms with Crippen molar-refractivity contribution in [2.24, 2.45) is 0 Å². The lowest BCUT2D eigenvalue weighted by atomic mass is 10.4. The maximum Gasteiger partial charge on any atom is 0.0773 e. The second-order valence-electron chi connectivity index (χ2n) is 6.18. The van der Waals surface area contributed by atoms with E-state index in [1.54, 1.807) is 0 Å². The minimum atomic E-state index is -2.03. The molecule has 3 heteroatoms. The van der Waals surface area contributed by atoms with Crippen molar-refractivity contribution in [2.45, 2.75) is 0 Å². The summed E-state index contributed by atoms with van der Waals surface area (Å²) in [6.45, 7) is -2.03. The van der Waals surface area contributed by atoms with E-state index < -0.39 is 6.89 Å². The zero-order valence-corrected chi connectivity index (χ0v) is 17.8. The maximum atomic E-state index is 4.70. The predicted molar refractivity (Wildman–Crippen MR) is 128 cm³/mol. The summed E-state index contributed by atoms with van der Waals surface area (Å²) in [5, 5.41) is 4.03. The molecule has 0 atom stereocenters. The van der Waals surface area contributed by atoms with Gasteiger partial charge >= 0.3 is 0 Å². The Labute approximate surface area is 174 Å². The van der Waals surface area contributed by atoms with Gasteiger partial charge < -0.3 is 0 Å². The third-order valence-electron chi connectivity index (χ3n) is 4.60. The molecule has 4 aromatic rings. The van der Waals surface area contributed by atoms with Crippen LogP contribution in [-0.4, -0.2) is 8.28 Å². The molecule has 0 spiro atoms. The molecule has 1 aromatic heterocycles. The van der Waals surface area contributed by atoms with Crippen LogP contribution in [0, 0.1) is 0 Å². The van der Waals surface area contributed by atoms with Gasteiger partial charge in [-0.2, -0.15) is 0 Å². The number of hydrogen-bond acceptors (Lipinski definition) is 1. The van der Waals surface area contributed by atoms with E-state index in [9.17, 15) is 0 Å². The van der Waals surface area contributed by atoms with Gasteiger partial charge in [0.2, 0.25) is 0 Å². The van der Waals surface area contributed by atoms with Gasteiger partial charge in [-0.05, 0) is 57.5 Å².